The van der Waals surface area contributed by atoms with Gasteiger partial charge in [0.15, 0.2) is 0 Å². The number of aromatic carboxylic acids is 1. The fourth-order valence-corrected chi connectivity index (χ4v) is 1.18. The van der Waals surface area contributed by atoms with Gasteiger partial charge in [-0.2, -0.15) is 0 Å². The highest BCUT2D eigenvalue weighted by Crippen LogP contribution is 2.13. The number of ether oxygens (including phenoxy) is 1. The fourth-order valence-electron chi connectivity index (χ4n) is 1.18. The fraction of sp³-hybridized carbons (Fsp3) is 0.333. The van der Waals surface area contributed by atoms with Gasteiger partial charge in [-0.15, -0.1) is 0 Å². The maximum Gasteiger partial charge on any atom is 0.335 e. The molecular weight excluding hydrogens is 240 g/mol. The standard InChI is InChI=1S/C12H14O6/c1-7(11(14)15)10(13)6-18-9-4-2-8(3-5-9)12(16)17/h2-5,7,10,13H,6H2,1H3,(H,14,15)(H,16,17)/t7-,10+/m1/s1. The predicted molar refractivity (Wildman–Crippen MR) is 61.7 cm³/mol. The zero-order valence-corrected chi connectivity index (χ0v) is 9.74. The first-order valence-electron chi connectivity index (χ1n) is 5.29. The number of hydrogen-bond donors (Lipinski definition) is 3. The molecule has 0 aliphatic carbocycles. The zero-order chi connectivity index (χ0) is 13.7. The Hall–Kier alpha value is -2.08. The topological polar surface area (TPSA) is 104 Å². The minimum Gasteiger partial charge on any atom is -0.491 e. The van der Waals surface area contributed by atoms with Crippen molar-refractivity contribution < 1.29 is 29.6 Å². The van der Waals surface area contributed by atoms with Gasteiger partial charge in [0, 0.05) is 0 Å². The molecule has 0 bridgehead atoms. The van der Waals surface area contributed by atoms with E-state index >= 15 is 0 Å². The van der Waals surface area contributed by atoms with E-state index < -0.39 is 24.0 Å². The summed E-state index contributed by atoms with van der Waals surface area (Å²) < 4.78 is 5.17. The van der Waals surface area contributed by atoms with Crippen LogP contribution in [-0.2, 0) is 4.79 Å². The van der Waals surface area contributed by atoms with Gasteiger partial charge in [-0.25, -0.2) is 4.79 Å². The van der Waals surface area contributed by atoms with E-state index in [2.05, 4.69) is 0 Å². The first-order chi connectivity index (χ1) is 8.41. The molecule has 0 saturated carbocycles. The van der Waals surface area contributed by atoms with Crippen molar-refractivity contribution in [1.29, 1.82) is 0 Å². The van der Waals surface area contributed by atoms with E-state index in [1.54, 1.807) is 0 Å². The molecule has 0 aliphatic heterocycles. The number of carboxylic acid groups (broad SMARTS) is 2. The van der Waals surface area contributed by atoms with Crippen molar-refractivity contribution in [2.24, 2.45) is 5.92 Å². The molecule has 18 heavy (non-hydrogen) atoms. The lowest BCUT2D eigenvalue weighted by Crippen LogP contribution is -2.30. The molecule has 1 aromatic rings. The van der Waals surface area contributed by atoms with E-state index in [1.165, 1.54) is 31.2 Å². The Bertz CT molecular complexity index is 425. The summed E-state index contributed by atoms with van der Waals surface area (Å²) in [6.45, 7) is 1.21. The van der Waals surface area contributed by atoms with Crippen LogP contribution >= 0.6 is 0 Å². The number of hydrogen-bond acceptors (Lipinski definition) is 4. The second kappa shape index (κ2) is 6.02. The van der Waals surface area contributed by atoms with Crippen LogP contribution in [0.25, 0.3) is 0 Å². The molecule has 0 aromatic heterocycles. The van der Waals surface area contributed by atoms with Gasteiger partial charge in [-0.3, -0.25) is 4.79 Å². The Kier molecular flexibility index (Phi) is 4.67. The van der Waals surface area contributed by atoms with Crippen LogP contribution in [0.2, 0.25) is 0 Å². The van der Waals surface area contributed by atoms with Crippen molar-refractivity contribution in [3.8, 4) is 5.75 Å². The Morgan fingerprint density at radius 1 is 1.22 bits per heavy atom. The van der Waals surface area contributed by atoms with Crippen LogP contribution in [0, 0.1) is 5.92 Å². The average Bonchev–Trinajstić information content (AvgIpc) is 2.35. The van der Waals surface area contributed by atoms with Gasteiger partial charge in [-0.1, -0.05) is 0 Å². The largest absolute Gasteiger partial charge is 0.491 e. The molecule has 0 aliphatic rings. The summed E-state index contributed by atoms with van der Waals surface area (Å²) in [7, 11) is 0. The number of carbonyl (C=O) groups is 2. The molecule has 1 aromatic carbocycles. The second-order valence-electron chi connectivity index (χ2n) is 3.83. The minimum absolute atomic E-state index is 0.127. The Morgan fingerprint density at radius 3 is 2.22 bits per heavy atom. The van der Waals surface area contributed by atoms with Gasteiger partial charge in [0.05, 0.1) is 11.5 Å². The molecule has 0 radical (unpaired) electrons. The zero-order valence-electron chi connectivity index (χ0n) is 9.74. The molecule has 0 fully saturated rings. The lowest BCUT2D eigenvalue weighted by Gasteiger charge is -2.15. The summed E-state index contributed by atoms with van der Waals surface area (Å²) in [6, 6.07) is 5.62. The summed E-state index contributed by atoms with van der Waals surface area (Å²) in [4.78, 5) is 21.2. The van der Waals surface area contributed by atoms with Crippen LogP contribution in [0.3, 0.4) is 0 Å². The van der Waals surface area contributed by atoms with E-state index in [0.717, 1.165) is 0 Å². The number of aliphatic hydroxyl groups excluding tert-OH is 1. The molecule has 3 N–H and O–H groups in total. The van der Waals surface area contributed by atoms with Crippen molar-refractivity contribution >= 4 is 11.9 Å². The van der Waals surface area contributed by atoms with Gasteiger partial charge in [0.25, 0.3) is 0 Å². The van der Waals surface area contributed by atoms with Gasteiger partial charge in [-0.05, 0) is 31.2 Å². The highest BCUT2D eigenvalue weighted by atomic mass is 16.5. The first kappa shape index (κ1) is 14.0. The lowest BCUT2D eigenvalue weighted by atomic mass is 10.1. The molecule has 6 nitrogen and oxygen atoms in total. The molecule has 98 valence electrons. The first-order valence-corrected chi connectivity index (χ1v) is 5.29. The van der Waals surface area contributed by atoms with Crippen LogP contribution in [0.4, 0.5) is 0 Å². The predicted octanol–water partition coefficient (Wildman–Crippen LogP) is 0.845. The summed E-state index contributed by atoms with van der Waals surface area (Å²) >= 11 is 0. The van der Waals surface area contributed by atoms with Gasteiger partial charge < -0.3 is 20.1 Å². The van der Waals surface area contributed by atoms with Gasteiger partial charge >= 0.3 is 11.9 Å². The second-order valence-corrected chi connectivity index (χ2v) is 3.83. The van der Waals surface area contributed by atoms with Crippen molar-refractivity contribution in [1.82, 2.24) is 0 Å². The minimum atomic E-state index is -1.12. The molecule has 0 unspecified atom stereocenters. The number of benzene rings is 1. The monoisotopic (exact) mass is 254 g/mol. The van der Waals surface area contributed by atoms with Crippen molar-refractivity contribution in [2.45, 2.75) is 13.0 Å². The van der Waals surface area contributed by atoms with Crippen molar-refractivity contribution in [2.75, 3.05) is 6.61 Å². The highest BCUT2D eigenvalue weighted by molar-refractivity contribution is 5.87. The van der Waals surface area contributed by atoms with Crippen LogP contribution in [-0.4, -0.2) is 40.0 Å². The molecule has 2 atom stereocenters. The third-order valence-corrected chi connectivity index (χ3v) is 2.49. The summed E-state index contributed by atoms with van der Waals surface area (Å²) in [5.41, 5.74) is 0.127. The smallest absolute Gasteiger partial charge is 0.335 e. The van der Waals surface area contributed by atoms with Gasteiger partial charge in [0.2, 0.25) is 0 Å². The highest BCUT2D eigenvalue weighted by Gasteiger charge is 2.21. The number of rotatable bonds is 6. The average molecular weight is 254 g/mol. The molecule has 6 heteroatoms. The van der Waals surface area contributed by atoms with Crippen LogP contribution in [0.5, 0.6) is 5.75 Å². The van der Waals surface area contributed by atoms with Crippen molar-refractivity contribution in [3.05, 3.63) is 29.8 Å². The molecule has 0 saturated heterocycles. The SMILES string of the molecule is C[C@@H](C(=O)O)[C@@H](O)COc1ccc(C(=O)O)cc1. The van der Waals surface area contributed by atoms with Crippen LogP contribution in [0.1, 0.15) is 17.3 Å². The Balaban J connectivity index is 2.53. The quantitative estimate of drug-likeness (QED) is 0.695. The van der Waals surface area contributed by atoms with E-state index in [1.807, 2.05) is 0 Å². The maximum atomic E-state index is 10.6. The molecular formula is C12H14O6. The molecule has 1 rings (SSSR count). The van der Waals surface area contributed by atoms with E-state index in [-0.39, 0.29) is 12.2 Å². The van der Waals surface area contributed by atoms with E-state index in [9.17, 15) is 14.7 Å². The van der Waals surface area contributed by atoms with Gasteiger partial charge in [0.1, 0.15) is 18.5 Å². The third kappa shape index (κ3) is 3.74. The lowest BCUT2D eigenvalue weighted by molar-refractivity contribution is -0.145. The molecule has 0 heterocycles. The molecule has 0 spiro atoms. The van der Waals surface area contributed by atoms with Crippen LogP contribution in [0.15, 0.2) is 24.3 Å². The normalized spacial score (nSPS) is 13.7. The number of aliphatic hydroxyl groups is 1. The summed E-state index contributed by atoms with van der Waals surface area (Å²) in [5, 5.41) is 26.8. The van der Waals surface area contributed by atoms with Crippen molar-refractivity contribution in [3.63, 3.8) is 0 Å². The Labute approximate surface area is 103 Å². The summed E-state index contributed by atoms with van der Waals surface area (Å²) in [5.74, 6) is -2.70. The summed E-state index contributed by atoms with van der Waals surface area (Å²) in [6.07, 6.45) is -1.12. The Morgan fingerprint density at radius 2 is 1.78 bits per heavy atom. The molecule has 0 amide bonds. The third-order valence-electron chi connectivity index (χ3n) is 2.49. The van der Waals surface area contributed by atoms with E-state index in [4.69, 9.17) is 14.9 Å². The number of carboxylic acids is 2. The maximum absolute atomic E-state index is 10.6. The number of aliphatic carboxylic acids is 1. The van der Waals surface area contributed by atoms with Crippen LogP contribution < -0.4 is 4.74 Å². The van der Waals surface area contributed by atoms with E-state index in [0.29, 0.717) is 5.75 Å².